The molecule has 0 aromatic carbocycles. The molecule has 0 spiro atoms. The van der Waals surface area contributed by atoms with Gasteiger partial charge in [-0.1, -0.05) is 21.6 Å². The van der Waals surface area contributed by atoms with E-state index in [1.807, 2.05) is 41.5 Å². The van der Waals surface area contributed by atoms with Crippen LogP contribution in [0.5, 0.6) is 0 Å². The second-order valence-electron chi connectivity index (χ2n) is 7.88. The van der Waals surface area contributed by atoms with E-state index in [0.29, 0.717) is 51.7 Å². The summed E-state index contributed by atoms with van der Waals surface area (Å²) in [4.78, 5) is 0. The van der Waals surface area contributed by atoms with Crippen molar-refractivity contribution >= 4 is 58.8 Å². The molecule has 0 aliphatic heterocycles. The van der Waals surface area contributed by atoms with Crippen molar-refractivity contribution in [3.05, 3.63) is 0 Å². The normalized spacial score (nSPS) is 12.4. The van der Waals surface area contributed by atoms with E-state index in [2.05, 4.69) is 0 Å². The van der Waals surface area contributed by atoms with Crippen LogP contribution in [0.3, 0.4) is 0 Å². The van der Waals surface area contributed by atoms with Gasteiger partial charge in [0.15, 0.2) is 0 Å². The average molecular weight is 719 g/mol. The number of hydrogen-bond acceptors (Lipinski definition) is 16. The van der Waals surface area contributed by atoms with E-state index in [4.69, 9.17) is 55.0 Å². The maximum absolute atomic E-state index is 5.99. The average Bonchev–Trinajstić information content (AvgIpc) is 2.99. The predicted octanol–water partition coefficient (Wildman–Crippen LogP) is 6.39. The molecule has 0 saturated carbocycles. The maximum atomic E-state index is 5.99. The van der Waals surface area contributed by atoms with E-state index in [1.165, 1.54) is 0 Å². The Labute approximate surface area is 271 Å². The standard InChI is InChI=1S/C24H54O12S4Si2/c1-7-25-19-31-41(32-20-26-8-2,33-21-27-9-3)17-13-15-37-39-40-38-16-14-18-42(34-22-28-10-4,35-23-29-11-5)36-24-30-12-6/h7-24H2,1-6H3. The van der Waals surface area contributed by atoms with Crippen LogP contribution in [-0.2, 0) is 55.0 Å². The number of hydrogen-bond donors (Lipinski definition) is 0. The van der Waals surface area contributed by atoms with Crippen LogP contribution in [0.4, 0.5) is 0 Å². The smallest absolute Gasteiger partial charge is 0.357 e. The minimum absolute atomic E-state index is 0.115. The molecule has 0 radical (unpaired) electrons. The van der Waals surface area contributed by atoms with E-state index in [0.717, 1.165) is 24.3 Å². The van der Waals surface area contributed by atoms with Gasteiger partial charge in [-0.05, 0) is 74.0 Å². The Balaban J connectivity index is 4.57. The zero-order valence-electron chi connectivity index (χ0n) is 26.3. The summed E-state index contributed by atoms with van der Waals surface area (Å²) < 4.78 is 68.4. The zero-order chi connectivity index (χ0) is 31.0. The molecule has 0 aliphatic rings. The molecule has 0 saturated heterocycles. The van der Waals surface area contributed by atoms with E-state index >= 15 is 0 Å². The van der Waals surface area contributed by atoms with E-state index < -0.39 is 17.6 Å². The molecule has 0 atom stereocenters. The monoisotopic (exact) mass is 718 g/mol. The fourth-order valence-corrected chi connectivity index (χ4v) is 13.6. The van der Waals surface area contributed by atoms with Crippen molar-refractivity contribution in [2.24, 2.45) is 0 Å². The molecule has 0 aliphatic carbocycles. The van der Waals surface area contributed by atoms with E-state index in [9.17, 15) is 0 Å². The van der Waals surface area contributed by atoms with Gasteiger partial charge < -0.3 is 55.0 Å². The molecule has 254 valence electrons. The highest BCUT2D eigenvalue weighted by Gasteiger charge is 2.42. The van der Waals surface area contributed by atoms with Crippen LogP contribution < -0.4 is 0 Å². The Morgan fingerprint density at radius 2 is 0.619 bits per heavy atom. The lowest BCUT2D eigenvalue weighted by Crippen LogP contribution is -2.47. The molecule has 0 heterocycles. The highest BCUT2D eigenvalue weighted by Crippen LogP contribution is 2.44. The molecule has 0 N–H and O–H groups in total. The Morgan fingerprint density at radius 1 is 0.381 bits per heavy atom. The fraction of sp³-hybridized carbons (Fsp3) is 1.00. The molecule has 18 heteroatoms. The van der Waals surface area contributed by atoms with Gasteiger partial charge in [0.05, 0.1) is 0 Å². The first kappa shape index (κ1) is 43.4. The van der Waals surface area contributed by atoms with Crippen molar-refractivity contribution in [2.45, 2.75) is 66.5 Å². The first-order valence-electron chi connectivity index (χ1n) is 14.4. The largest absolute Gasteiger partial charge is 0.506 e. The van der Waals surface area contributed by atoms with Crippen LogP contribution in [0.2, 0.25) is 12.1 Å². The third-order valence-corrected chi connectivity index (χ3v) is 16.9. The summed E-state index contributed by atoms with van der Waals surface area (Å²) in [7, 11) is 1.04. The molecule has 0 aromatic rings. The molecule has 0 aromatic heterocycles. The lowest BCUT2D eigenvalue weighted by molar-refractivity contribution is -0.101. The van der Waals surface area contributed by atoms with Gasteiger partial charge in [-0.2, -0.15) is 0 Å². The molecule has 0 rings (SSSR count). The summed E-state index contributed by atoms with van der Waals surface area (Å²) >= 11 is 0. The van der Waals surface area contributed by atoms with Crippen molar-refractivity contribution in [3.8, 4) is 0 Å². The summed E-state index contributed by atoms with van der Waals surface area (Å²) in [6.45, 7) is 15.5. The van der Waals surface area contributed by atoms with Crippen molar-refractivity contribution in [1.29, 1.82) is 0 Å². The molecule has 0 unspecified atom stereocenters. The molecule has 42 heavy (non-hydrogen) atoms. The molecular formula is C24H54O12S4Si2. The van der Waals surface area contributed by atoms with Gasteiger partial charge >= 0.3 is 17.6 Å². The van der Waals surface area contributed by atoms with Crippen LogP contribution in [0.25, 0.3) is 0 Å². The first-order chi connectivity index (χ1) is 20.6. The van der Waals surface area contributed by atoms with Gasteiger partial charge in [-0.3, -0.25) is 0 Å². The van der Waals surface area contributed by atoms with Crippen LogP contribution >= 0.6 is 41.2 Å². The maximum Gasteiger partial charge on any atom is 0.506 e. The lowest BCUT2D eigenvalue weighted by atomic mass is 10.6. The highest BCUT2D eigenvalue weighted by atomic mass is 33.7. The molecule has 0 fully saturated rings. The van der Waals surface area contributed by atoms with Gasteiger partial charge in [0.2, 0.25) is 0 Å². The van der Waals surface area contributed by atoms with E-state index in [-0.39, 0.29) is 40.8 Å². The van der Waals surface area contributed by atoms with Gasteiger partial charge in [-0.25, -0.2) is 0 Å². The summed E-state index contributed by atoms with van der Waals surface area (Å²) in [6, 6.07) is 1.28. The minimum Gasteiger partial charge on any atom is -0.357 e. The van der Waals surface area contributed by atoms with Gasteiger partial charge in [0, 0.05) is 63.2 Å². The van der Waals surface area contributed by atoms with Crippen molar-refractivity contribution in [3.63, 3.8) is 0 Å². The Bertz CT molecular complexity index is 469. The number of rotatable bonds is 35. The Morgan fingerprint density at radius 3 is 0.833 bits per heavy atom. The zero-order valence-corrected chi connectivity index (χ0v) is 31.5. The minimum atomic E-state index is -3.02. The van der Waals surface area contributed by atoms with Gasteiger partial charge in [0.1, 0.15) is 40.8 Å². The summed E-state index contributed by atoms with van der Waals surface area (Å²) in [5, 5.41) is 0. The van der Waals surface area contributed by atoms with Crippen LogP contribution in [-0.4, -0.2) is 110 Å². The Hall–Kier alpha value is 1.35. The third-order valence-electron chi connectivity index (χ3n) is 4.94. The van der Waals surface area contributed by atoms with Crippen LogP contribution in [0.1, 0.15) is 54.4 Å². The summed E-state index contributed by atoms with van der Waals surface area (Å²) in [5.74, 6) is 1.83. The van der Waals surface area contributed by atoms with Crippen molar-refractivity contribution < 1.29 is 55.0 Å². The summed E-state index contributed by atoms with van der Waals surface area (Å²) in [5.41, 5.74) is 0. The molecular weight excluding hydrogens is 665 g/mol. The SMILES string of the molecule is CCOCO[Si](CCCSSSSCCC[Si](OCOCC)(OCOCC)OCOCC)(OCOCC)OCOCC. The first-order valence-corrected chi connectivity index (χ1v) is 23.5. The predicted molar refractivity (Wildman–Crippen MR) is 176 cm³/mol. The van der Waals surface area contributed by atoms with Gasteiger partial charge in [0.25, 0.3) is 0 Å². The lowest BCUT2D eigenvalue weighted by Gasteiger charge is -2.29. The van der Waals surface area contributed by atoms with Crippen LogP contribution in [0.15, 0.2) is 0 Å². The van der Waals surface area contributed by atoms with Crippen molar-refractivity contribution in [2.75, 3.05) is 91.9 Å². The molecule has 0 bridgehead atoms. The number of ether oxygens (including phenoxy) is 6. The third kappa shape index (κ3) is 24.6. The molecule has 12 nitrogen and oxygen atoms in total. The quantitative estimate of drug-likeness (QED) is 0.0312. The fourth-order valence-electron chi connectivity index (χ4n) is 2.77. The topological polar surface area (TPSA) is 111 Å². The molecule has 0 amide bonds. The van der Waals surface area contributed by atoms with Crippen LogP contribution in [0, 0.1) is 0 Å². The van der Waals surface area contributed by atoms with E-state index in [1.54, 1.807) is 41.2 Å². The summed E-state index contributed by atoms with van der Waals surface area (Å²) in [6.07, 6.45) is 1.72. The highest BCUT2D eigenvalue weighted by molar-refractivity contribution is 9.26. The van der Waals surface area contributed by atoms with Crippen molar-refractivity contribution in [1.82, 2.24) is 0 Å². The second kappa shape index (κ2) is 32.3. The van der Waals surface area contributed by atoms with Gasteiger partial charge in [-0.15, -0.1) is 0 Å². The Kier molecular flexibility index (Phi) is 33.3. The second-order valence-corrected chi connectivity index (χ2v) is 19.6.